The van der Waals surface area contributed by atoms with Crippen LogP contribution >= 0.6 is 0 Å². The van der Waals surface area contributed by atoms with Crippen molar-refractivity contribution >= 4 is 11.5 Å². The number of methoxy groups -OCH3 is 3. The number of esters is 1. The monoisotopic (exact) mass is 354 g/mol. The first-order chi connectivity index (χ1) is 12.7. The van der Waals surface area contributed by atoms with Crippen molar-refractivity contribution in [3.63, 3.8) is 0 Å². The molecule has 0 aliphatic heterocycles. The van der Waals surface area contributed by atoms with E-state index in [1.807, 2.05) is 56.3 Å². The highest BCUT2D eigenvalue weighted by Crippen LogP contribution is 2.37. The third-order valence-electron chi connectivity index (χ3n) is 4.34. The number of allylic oxidation sites excluding steroid dienone is 1. The van der Waals surface area contributed by atoms with Gasteiger partial charge in [0.2, 0.25) is 0 Å². The molecule has 26 heavy (non-hydrogen) atoms. The molecule has 0 amide bonds. The molecule has 4 nitrogen and oxygen atoms in total. The van der Waals surface area contributed by atoms with E-state index in [9.17, 15) is 4.79 Å². The zero-order chi connectivity index (χ0) is 19.1. The molecule has 0 atom stereocenters. The second-order valence-corrected chi connectivity index (χ2v) is 5.67. The maximum atomic E-state index is 12.2. The number of fused-ring (bicyclic) bond motifs is 1. The van der Waals surface area contributed by atoms with Crippen molar-refractivity contribution in [3.8, 4) is 11.5 Å². The lowest BCUT2D eigenvalue weighted by molar-refractivity contribution is -0.136. The van der Waals surface area contributed by atoms with Crippen molar-refractivity contribution < 1.29 is 19.0 Å². The molecular weight excluding hydrogens is 328 g/mol. The van der Waals surface area contributed by atoms with Crippen LogP contribution in [0.5, 0.6) is 11.5 Å². The Kier molecular flexibility index (Phi) is 6.84. The largest absolute Gasteiger partial charge is 0.497 e. The summed E-state index contributed by atoms with van der Waals surface area (Å²) in [4.78, 5) is 12.2. The first-order valence-corrected chi connectivity index (χ1v) is 8.76. The minimum atomic E-state index is -0.270. The molecule has 138 valence electrons. The third-order valence-corrected chi connectivity index (χ3v) is 4.34. The van der Waals surface area contributed by atoms with Gasteiger partial charge in [0.1, 0.15) is 11.5 Å². The summed E-state index contributed by atoms with van der Waals surface area (Å²) in [5.41, 5.74) is 5.04. The Morgan fingerprint density at radius 1 is 0.923 bits per heavy atom. The highest BCUT2D eigenvalue weighted by Gasteiger charge is 2.27. The van der Waals surface area contributed by atoms with Gasteiger partial charge in [-0.2, -0.15) is 0 Å². The summed E-state index contributed by atoms with van der Waals surface area (Å²) in [5.74, 6) is 1.34. The second kappa shape index (κ2) is 9.09. The third kappa shape index (κ3) is 4.07. The molecule has 0 N–H and O–H groups in total. The van der Waals surface area contributed by atoms with E-state index in [-0.39, 0.29) is 5.97 Å². The molecule has 0 aromatic heterocycles. The van der Waals surface area contributed by atoms with Gasteiger partial charge in [-0.1, -0.05) is 32.0 Å². The maximum absolute atomic E-state index is 12.2. The molecule has 0 fully saturated rings. The van der Waals surface area contributed by atoms with Crippen LogP contribution in [0.25, 0.3) is 5.57 Å². The molecule has 4 heteroatoms. The van der Waals surface area contributed by atoms with E-state index in [0.717, 1.165) is 39.3 Å². The number of carbonyl (C=O) groups is 1. The van der Waals surface area contributed by atoms with Crippen molar-refractivity contribution in [2.24, 2.45) is 0 Å². The van der Waals surface area contributed by atoms with Gasteiger partial charge < -0.3 is 14.2 Å². The van der Waals surface area contributed by atoms with Crippen LogP contribution in [-0.2, 0) is 22.4 Å². The van der Waals surface area contributed by atoms with Crippen molar-refractivity contribution in [2.75, 3.05) is 21.3 Å². The average molecular weight is 354 g/mol. The lowest BCUT2D eigenvalue weighted by Gasteiger charge is -2.09. The molecule has 2 aromatic rings. The van der Waals surface area contributed by atoms with Gasteiger partial charge in [0.15, 0.2) is 0 Å². The zero-order valence-corrected chi connectivity index (χ0v) is 16.1. The summed E-state index contributed by atoms with van der Waals surface area (Å²) in [6, 6.07) is 13.8. The zero-order valence-electron chi connectivity index (χ0n) is 16.1. The minimum absolute atomic E-state index is 0.270. The van der Waals surface area contributed by atoms with Crippen molar-refractivity contribution in [1.82, 2.24) is 0 Å². The lowest BCUT2D eigenvalue weighted by Crippen LogP contribution is -2.06. The van der Waals surface area contributed by atoms with Crippen LogP contribution in [0.15, 0.2) is 48.0 Å². The smallest absolute Gasteiger partial charge is 0.334 e. The van der Waals surface area contributed by atoms with E-state index in [1.54, 1.807) is 14.2 Å². The van der Waals surface area contributed by atoms with Crippen molar-refractivity contribution in [1.29, 1.82) is 0 Å². The Morgan fingerprint density at radius 2 is 1.54 bits per heavy atom. The number of carbonyl (C=O) groups excluding carboxylic acids is 1. The summed E-state index contributed by atoms with van der Waals surface area (Å²) in [5, 5.41) is 0. The SMILES string of the molecule is CC.COC(=O)C1=C(Cc2ccc(OC)cc2)c2ccc(OC)cc2C1. The molecule has 0 bridgehead atoms. The van der Waals surface area contributed by atoms with E-state index < -0.39 is 0 Å². The first-order valence-electron chi connectivity index (χ1n) is 8.76. The minimum Gasteiger partial charge on any atom is -0.497 e. The molecule has 0 radical (unpaired) electrons. The van der Waals surface area contributed by atoms with Crippen molar-refractivity contribution in [2.45, 2.75) is 26.7 Å². The molecule has 1 aliphatic rings. The van der Waals surface area contributed by atoms with E-state index in [0.29, 0.717) is 12.8 Å². The molecule has 0 saturated heterocycles. The van der Waals surface area contributed by atoms with Gasteiger partial charge >= 0.3 is 5.97 Å². The van der Waals surface area contributed by atoms with Crippen LogP contribution < -0.4 is 9.47 Å². The number of benzene rings is 2. The van der Waals surface area contributed by atoms with Crippen LogP contribution in [0.4, 0.5) is 0 Å². The normalized spacial score (nSPS) is 12.0. The molecule has 1 aliphatic carbocycles. The molecule has 0 heterocycles. The van der Waals surface area contributed by atoms with E-state index in [2.05, 4.69) is 0 Å². The fraction of sp³-hybridized carbons (Fsp3) is 0.318. The fourth-order valence-electron chi connectivity index (χ4n) is 3.07. The topological polar surface area (TPSA) is 44.8 Å². The predicted molar refractivity (Wildman–Crippen MR) is 104 cm³/mol. The Labute approximate surface area is 155 Å². The maximum Gasteiger partial charge on any atom is 0.334 e. The lowest BCUT2D eigenvalue weighted by atomic mass is 9.97. The summed E-state index contributed by atoms with van der Waals surface area (Å²) in [6.45, 7) is 4.00. The van der Waals surface area contributed by atoms with Crippen LogP contribution in [0, 0.1) is 0 Å². The standard InChI is InChI=1S/C20H20O4.C2H6/c1-22-15-6-4-13(5-7-15)10-18-17-9-8-16(23-2)11-14(17)12-19(18)20(21)24-3;1-2/h4-9,11H,10,12H2,1-3H3;1-2H3. The number of hydrogen-bond acceptors (Lipinski definition) is 4. The van der Waals surface area contributed by atoms with E-state index in [1.165, 1.54) is 7.11 Å². The van der Waals surface area contributed by atoms with Crippen LogP contribution in [-0.4, -0.2) is 27.3 Å². The van der Waals surface area contributed by atoms with Gasteiger partial charge in [-0.05, 0) is 52.9 Å². The molecule has 0 saturated carbocycles. The second-order valence-electron chi connectivity index (χ2n) is 5.67. The van der Waals surface area contributed by atoms with Gasteiger partial charge in [0, 0.05) is 12.0 Å². The number of rotatable bonds is 5. The Hall–Kier alpha value is -2.75. The highest BCUT2D eigenvalue weighted by molar-refractivity contribution is 6.01. The van der Waals surface area contributed by atoms with Gasteiger partial charge in [-0.15, -0.1) is 0 Å². The Balaban J connectivity index is 0.00000117. The number of ether oxygens (including phenoxy) is 3. The predicted octanol–water partition coefficient (Wildman–Crippen LogP) is 4.46. The van der Waals surface area contributed by atoms with E-state index in [4.69, 9.17) is 14.2 Å². The van der Waals surface area contributed by atoms with E-state index >= 15 is 0 Å². The van der Waals surface area contributed by atoms with Crippen molar-refractivity contribution in [3.05, 3.63) is 64.7 Å². The molecular formula is C22H26O4. The average Bonchev–Trinajstić information content (AvgIpc) is 3.07. The summed E-state index contributed by atoms with van der Waals surface area (Å²) >= 11 is 0. The Bertz CT molecular complexity index is 788. The van der Waals surface area contributed by atoms with Crippen LogP contribution in [0.1, 0.15) is 30.5 Å². The highest BCUT2D eigenvalue weighted by atomic mass is 16.5. The summed E-state index contributed by atoms with van der Waals surface area (Å²) < 4.78 is 15.5. The van der Waals surface area contributed by atoms with Gasteiger partial charge in [-0.25, -0.2) is 4.79 Å². The molecule has 0 spiro atoms. The van der Waals surface area contributed by atoms with Gasteiger partial charge in [0.25, 0.3) is 0 Å². The van der Waals surface area contributed by atoms with Gasteiger partial charge in [0.05, 0.1) is 21.3 Å². The Morgan fingerprint density at radius 3 is 2.12 bits per heavy atom. The quantitative estimate of drug-likeness (QED) is 0.744. The van der Waals surface area contributed by atoms with Crippen LogP contribution in [0.2, 0.25) is 0 Å². The first kappa shape index (κ1) is 19.6. The number of hydrogen-bond donors (Lipinski definition) is 0. The van der Waals surface area contributed by atoms with Crippen LogP contribution in [0.3, 0.4) is 0 Å². The molecule has 0 unspecified atom stereocenters. The van der Waals surface area contributed by atoms with Gasteiger partial charge in [-0.3, -0.25) is 0 Å². The molecule has 2 aromatic carbocycles. The summed E-state index contributed by atoms with van der Waals surface area (Å²) in [6.07, 6.45) is 1.25. The summed E-state index contributed by atoms with van der Waals surface area (Å²) in [7, 11) is 4.71. The molecule has 3 rings (SSSR count). The fourth-order valence-corrected chi connectivity index (χ4v) is 3.07.